The zero-order chi connectivity index (χ0) is 15.1. The Kier molecular flexibility index (Phi) is 7.13. The number of rotatable bonds is 1. The fraction of sp³-hybridized carbons (Fsp3) is 0.471. The molecule has 0 aliphatic carbocycles. The largest absolute Gasteiger partial charge is 0.469 e. The highest BCUT2D eigenvalue weighted by molar-refractivity contribution is 5.75. The molecule has 0 atom stereocenters. The van der Waals surface area contributed by atoms with Crippen LogP contribution >= 0.6 is 0 Å². The Hall–Kier alpha value is -1.57. The standard InChI is InChI=1S/C11H14.C6H12O2/c1-9(2)10(3)11-7-5-4-6-8-11;1-6(2,3)5(7)8-4/h4-8H,1-3H3;1-4H3. The van der Waals surface area contributed by atoms with E-state index >= 15 is 0 Å². The maximum atomic E-state index is 10.6. The summed E-state index contributed by atoms with van der Waals surface area (Å²) in [6.07, 6.45) is 0. The minimum Gasteiger partial charge on any atom is -0.469 e. The molecule has 19 heavy (non-hydrogen) atoms. The molecule has 0 radical (unpaired) electrons. The van der Waals surface area contributed by atoms with Gasteiger partial charge in [-0.2, -0.15) is 0 Å². The summed E-state index contributed by atoms with van der Waals surface area (Å²) in [5.41, 5.74) is 3.74. The first-order chi connectivity index (χ1) is 8.70. The molecule has 0 aliphatic rings. The van der Waals surface area contributed by atoms with Crippen LogP contribution in [-0.4, -0.2) is 13.1 Å². The van der Waals surface area contributed by atoms with Crippen molar-refractivity contribution in [1.82, 2.24) is 0 Å². The number of hydrogen-bond acceptors (Lipinski definition) is 2. The van der Waals surface area contributed by atoms with Crippen molar-refractivity contribution >= 4 is 11.5 Å². The third kappa shape index (κ3) is 6.80. The van der Waals surface area contributed by atoms with Crippen LogP contribution in [0.1, 0.15) is 47.1 Å². The van der Waals surface area contributed by atoms with Gasteiger partial charge >= 0.3 is 5.97 Å². The van der Waals surface area contributed by atoms with E-state index in [2.05, 4.69) is 49.8 Å². The van der Waals surface area contributed by atoms with Crippen LogP contribution in [0.2, 0.25) is 0 Å². The first-order valence-corrected chi connectivity index (χ1v) is 6.48. The fourth-order valence-electron chi connectivity index (χ4n) is 1.28. The van der Waals surface area contributed by atoms with E-state index in [1.54, 1.807) is 0 Å². The van der Waals surface area contributed by atoms with Crippen LogP contribution in [0.5, 0.6) is 0 Å². The van der Waals surface area contributed by atoms with Crippen LogP contribution in [-0.2, 0) is 9.53 Å². The number of methoxy groups -OCH3 is 1. The van der Waals surface area contributed by atoms with E-state index in [4.69, 9.17) is 0 Å². The molecule has 0 saturated carbocycles. The summed E-state index contributed by atoms with van der Waals surface area (Å²) in [7, 11) is 1.40. The van der Waals surface area contributed by atoms with E-state index in [0.717, 1.165) is 0 Å². The van der Waals surface area contributed by atoms with Gasteiger partial charge in [-0.25, -0.2) is 0 Å². The lowest BCUT2D eigenvalue weighted by atomic mass is 9.98. The minimum absolute atomic E-state index is 0.169. The number of esters is 1. The third-order valence-corrected chi connectivity index (χ3v) is 2.75. The van der Waals surface area contributed by atoms with Crippen LogP contribution in [0.15, 0.2) is 35.9 Å². The second-order valence-electron chi connectivity index (χ2n) is 5.73. The maximum Gasteiger partial charge on any atom is 0.310 e. The summed E-state index contributed by atoms with van der Waals surface area (Å²) in [6.45, 7) is 11.9. The van der Waals surface area contributed by atoms with E-state index in [1.165, 1.54) is 23.8 Å². The molecule has 0 amide bonds. The highest BCUT2D eigenvalue weighted by atomic mass is 16.5. The van der Waals surface area contributed by atoms with Gasteiger partial charge in [0, 0.05) is 0 Å². The van der Waals surface area contributed by atoms with Crippen molar-refractivity contribution in [2.75, 3.05) is 7.11 Å². The molecule has 0 N–H and O–H groups in total. The molecule has 1 aromatic rings. The van der Waals surface area contributed by atoms with Crippen molar-refractivity contribution in [2.24, 2.45) is 5.41 Å². The number of carbonyl (C=O) groups excluding carboxylic acids is 1. The zero-order valence-corrected chi connectivity index (χ0v) is 13.2. The lowest BCUT2D eigenvalue weighted by Gasteiger charge is -2.13. The molecule has 0 bridgehead atoms. The molecule has 106 valence electrons. The molecular formula is C17H26O2. The predicted molar refractivity (Wildman–Crippen MR) is 81.9 cm³/mol. The van der Waals surface area contributed by atoms with Crippen LogP contribution in [0, 0.1) is 5.41 Å². The van der Waals surface area contributed by atoms with Crippen molar-refractivity contribution in [3.05, 3.63) is 41.5 Å². The molecular weight excluding hydrogens is 236 g/mol. The van der Waals surface area contributed by atoms with Crippen molar-refractivity contribution in [2.45, 2.75) is 41.5 Å². The van der Waals surface area contributed by atoms with Gasteiger partial charge in [-0.05, 0) is 52.7 Å². The Morgan fingerprint density at radius 2 is 1.47 bits per heavy atom. The van der Waals surface area contributed by atoms with Gasteiger partial charge in [0.25, 0.3) is 0 Å². The molecule has 1 aromatic carbocycles. The number of hydrogen-bond donors (Lipinski definition) is 0. The summed E-state index contributed by atoms with van der Waals surface area (Å²) in [5.74, 6) is -0.169. The Bertz CT molecular complexity index is 418. The molecule has 0 aromatic heterocycles. The number of benzene rings is 1. The first kappa shape index (κ1) is 17.4. The maximum absolute atomic E-state index is 10.6. The lowest BCUT2D eigenvalue weighted by Crippen LogP contribution is -2.21. The molecule has 0 aliphatic heterocycles. The Morgan fingerprint density at radius 1 is 1.00 bits per heavy atom. The number of ether oxygens (including phenoxy) is 1. The summed E-state index contributed by atoms with van der Waals surface area (Å²) in [4.78, 5) is 10.6. The average molecular weight is 262 g/mol. The SMILES string of the molecule is CC(C)=C(C)c1ccccc1.COC(=O)C(C)(C)C. The quantitative estimate of drug-likeness (QED) is 0.685. The molecule has 0 heterocycles. The number of carbonyl (C=O) groups is 1. The van der Waals surface area contributed by atoms with Gasteiger partial charge in [-0.1, -0.05) is 35.9 Å². The molecule has 1 rings (SSSR count). The van der Waals surface area contributed by atoms with Crippen LogP contribution < -0.4 is 0 Å². The van der Waals surface area contributed by atoms with Gasteiger partial charge in [-0.15, -0.1) is 0 Å². The molecule has 0 fully saturated rings. The molecule has 0 spiro atoms. The number of allylic oxidation sites excluding steroid dienone is 2. The second kappa shape index (κ2) is 7.78. The van der Waals surface area contributed by atoms with Crippen LogP contribution in [0.4, 0.5) is 0 Å². The fourth-order valence-corrected chi connectivity index (χ4v) is 1.28. The highest BCUT2D eigenvalue weighted by Gasteiger charge is 2.21. The van der Waals surface area contributed by atoms with Gasteiger partial charge in [0.1, 0.15) is 0 Å². The second-order valence-corrected chi connectivity index (χ2v) is 5.73. The van der Waals surface area contributed by atoms with Gasteiger partial charge in [0.2, 0.25) is 0 Å². The Labute approximate surface area is 117 Å². The van der Waals surface area contributed by atoms with Crippen molar-refractivity contribution in [1.29, 1.82) is 0 Å². The molecule has 2 nitrogen and oxygen atoms in total. The normalized spacial score (nSPS) is 10.1. The average Bonchev–Trinajstić information content (AvgIpc) is 2.37. The summed E-state index contributed by atoms with van der Waals surface area (Å²) >= 11 is 0. The van der Waals surface area contributed by atoms with Crippen molar-refractivity contribution < 1.29 is 9.53 Å². The Morgan fingerprint density at radius 3 is 1.74 bits per heavy atom. The highest BCUT2D eigenvalue weighted by Crippen LogP contribution is 2.16. The van der Waals surface area contributed by atoms with E-state index in [-0.39, 0.29) is 11.4 Å². The summed E-state index contributed by atoms with van der Waals surface area (Å²) in [6, 6.07) is 10.5. The first-order valence-electron chi connectivity index (χ1n) is 6.48. The smallest absolute Gasteiger partial charge is 0.310 e. The van der Waals surface area contributed by atoms with Gasteiger partial charge in [-0.3, -0.25) is 4.79 Å². The van der Waals surface area contributed by atoms with Crippen LogP contribution in [0.3, 0.4) is 0 Å². The van der Waals surface area contributed by atoms with E-state index in [9.17, 15) is 4.79 Å². The monoisotopic (exact) mass is 262 g/mol. The minimum atomic E-state index is -0.352. The lowest BCUT2D eigenvalue weighted by molar-refractivity contribution is -0.149. The summed E-state index contributed by atoms with van der Waals surface area (Å²) in [5, 5.41) is 0. The molecule has 0 saturated heterocycles. The van der Waals surface area contributed by atoms with Crippen molar-refractivity contribution in [3.63, 3.8) is 0 Å². The Balaban J connectivity index is 0.000000362. The molecule has 2 heteroatoms. The van der Waals surface area contributed by atoms with E-state index in [1.807, 2.05) is 26.8 Å². The third-order valence-electron chi connectivity index (χ3n) is 2.75. The van der Waals surface area contributed by atoms with Gasteiger partial charge in [0.15, 0.2) is 0 Å². The van der Waals surface area contributed by atoms with Gasteiger partial charge in [0.05, 0.1) is 12.5 Å². The van der Waals surface area contributed by atoms with E-state index < -0.39 is 0 Å². The zero-order valence-electron chi connectivity index (χ0n) is 13.2. The van der Waals surface area contributed by atoms with Crippen molar-refractivity contribution in [3.8, 4) is 0 Å². The van der Waals surface area contributed by atoms with Gasteiger partial charge < -0.3 is 4.74 Å². The van der Waals surface area contributed by atoms with E-state index in [0.29, 0.717) is 0 Å². The summed E-state index contributed by atoms with van der Waals surface area (Å²) < 4.78 is 4.48. The topological polar surface area (TPSA) is 26.3 Å². The predicted octanol–water partition coefficient (Wildman–Crippen LogP) is 4.71. The van der Waals surface area contributed by atoms with Crippen LogP contribution in [0.25, 0.3) is 5.57 Å². The molecule has 0 unspecified atom stereocenters.